The second-order valence-corrected chi connectivity index (χ2v) is 4.62. The van der Waals surface area contributed by atoms with E-state index in [4.69, 9.17) is 0 Å². The van der Waals surface area contributed by atoms with Gasteiger partial charge in [-0.1, -0.05) is 25.1 Å². The normalized spacial score (nSPS) is 10.5. The Labute approximate surface area is 124 Å². The number of benzene rings is 1. The minimum Gasteiger partial charge on any atom is -0.355 e. The maximum atomic E-state index is 13.4. The Kier molecular flexibility index (Phi) is 7.39. The molecule has 0 aromatic heterocycles. The van der Waals surface area contributed by atoms with Crippen LogP contribution in [0.3, 0.4) is 0 Å². The van der Waals surface area contributed by atoms with Crippen LogP contribution in [-0.2, 0) is 16.1 Å². The molecule has 0 radical (unpaired) electrons. The van der Waals surface area contributed by atoms with Gasteiger partial charge >= 0.3 is 0 Å². The van der Waals surface area contributed by atoms with Crippen molar-refractivity contribution in [3.8, 4) is 0 Å². The molecule has 21 heavy (non-hydrogen) atoms. The smallest absolute Gasteiger partial charge is 0.234 e. The molecule has 1 aromatic rings. The van der Waals surface area contributed by atoms with Crippen LogP contribution in [0.1, 0.15) is 19.4 Å². The highest BCUT2D eigenvalue weighted by Gasteiger charge is 2.12. The van der Waals surface area contributed by atoms with Crippen LogP contribution >= 0.6 is 0 Å². The van der Waals surface area contributed by atoms with Crippen LogP contribution in [-0.4, -0.2) is 42.9 Å². The summed E-state index contributed by atoms with van der Waals surface area (Å²) in [5.74, 6) is -0.682. The number of nitrogens with one attached hydrogen (secondary N) is 2. The lowest BCUT2D eigenvalue weighted by Gasteiger charge is -2.19. The third-order valence-corrected chi connectivity index (χ3v) is 2.99. The fraction of sp³-hybridized carbons (Fsp3) is 0.467. The number of halogens is 1. The van der Waals surface area contributed by atoms with Crippen molar-refractivity contribution in [3.05, 3.63) is 35.6 Å². The second-order valence-electron chi connectivity index (χ2n) is 4.62. The molecule has 0 spiro atoms. The Balaban J connectivity index is 2.41. The number of amides is 2. The summed E-state index contributed by atoms with van der Waals surface area (Å²) in [4.78, 5) is 25.0. The van der Waals surface area contributed by atoms with Crippen molar-refractivity contribution >= 4 is 11.8 Å². The number of nitrogens with zero attached hydrogens (tertiary/aromatic N) is 1. The minimum absolute atomic E-state index is 0.110. The standard InChI is InChI=1S/C15H22FN3O2/c1-3-17-14(20)10-19(4-2)11-15(21)18-9-12-7-5-6-8-13(12)16/h5-8H,3-4,9-11H2,1-2H3,(H,17,20)(H,18,21). The first-order valence-electron chi connectivity index (χ1n) is 7.06. The van der Waals surface area contributed by atoms with Crippen LogP contribution in [0.15, 0.2) is 24.3 Å². The molecule has 0 heterocycles. The zero-order valence-corrected chi connectivity index (χ0v) is 12.5. The molecule has 0 aliphatic rings. The molecule has 0 saturated carbocycles. The van der Waals surface area contributed by atoms with E-state index in [1.807, 2.05) is 13.8 Å². The highest BCUT2D eigenvalue weighted by molar-refractivity contribution is 5.81. The second kappa shape index (κ2) is 9.07. The first kappa shape index (κ1) is 17.1. The Morgan fingerprint density at radius 2 is 1.71 bits per heavy atom. The van der Waals surface area contributed by atoms with Gasteiger partial charge in [-0.15, -0.1) is 0 Å². The third kappa shape index (κ3) is 6.35. The lowest BCUT2D eigenvalue weighted by molar-refractivity contribution is -0.125. The summed E-state index contributed by atoms with van der Waals surface area (Å²) in [7, 11) is 0. The molecule has 1 rings (SSSR count). The van der Waals surface area contributed by atoms with Crippen molar-refractivity contribution in [1.29, 1.82) is 0 Å². The molecule has 6 heteroatoms. The fourth-order valence-corrected chi connectivity index (χ4v) is 1.83. The number of carbonyl (C=O) groups is 2. The van der Waals surface area contributed by atoms with Gasteiger partial charge in [0.15, 0.2) is 0 Å². The minimum atomic E-state index is -0.340. The molecule has 2 N–H and O–H groups in total. The number of carbonyl (C=O) groups excluding carboxylic acids is 2. The molecule has 0 saturated heterocycles. The largest absolute Gasteiger partial charge is 0.355 e. The first-order valence-corrected chi connectivity index (χ1v) is 7.06. The summed E-state index contributed by atoms with van der Waals surface area (Å²) >= 11 is 0. The molecular weight excluding hydrogens is 273 g/mol. The van der Waals surface area contributed by atoms with E-state index in [2.05, 4.69) is 10.6 Å². The van der Waals surface area contributed by atoms with Crippen LogP contribution in [0.2, 0.25) is 0 Å². The van der Waals surface area contributed by atoms with Crippen molar-refractivity contribution in [2.45, 2.75) is 20.4 Å². The van der Waals surface area contributed by atoms with Crippen molar-refractivity contribution in [1.82, 2.24) is 15.5 Å². The SMILES string of the molecule is CCNC(=O)CN(CC)CC(=O)NCc1ccccc1F. The van der Waals surface area contributed by atoms with E-state index < -0.39 is 0 Å². The molecule has 0 aliphatic carbocycles. The maximum absolute atomic E-state index is 13.4. The molecule has 0 fully saturated rings. The van der Waals surface area contributed by atoms with Gasteiger partial charge in [0.25, 0.3) is 0 Å². The van der Waals surface area contributed by atoms with Gasteiger partial charge < -0.3 is 10.6 Å². The molecule has 1 aromatic carbocycles. The van der Waals surface area contributed by atoms with Crippen molar-refractivity contribution in [2.75, 3.05) is 26.2 Å². The van der Waals surface area contributed by atoms with E-state index in [-0.39, 0.29) is 37.3 Å². The Morgan fingerprint density at radius 1 is 1.10 bits per heavy atom. The predicted molar refractivity (Wildman–Crippen MR) is 79.0 cm³/mol. The van der Waals surface area contributed by atoms with Crippen molar-refractivity contribution in [2.24, 2.45) is 0 Å². The summed E-state index contributed by atoms with van der Waals surface area (Å²) in [5, 5.41) is 5.34. The maximum Gasteiger partial charge on any atom is 0.234 e. The van der Waals surface area contributed by atoms with E-state index >= 15 is 0 Å². The number of rotatable bonds is 8. The van der Waals surface area contributed by atoms with Crippen LogP contribution in [0.5, 0.6) is 0 Å². The van der Waals surface area contributed by atoms with Gasteiger partial charge in [-0.3, -0.25) is 14.5 Å². The van der Waals surface area contributed by atoms with Gasteiger partial charge in [-0.25, -0.2) is 4.39 Å². The van der Waals surface area contributed by atoms with Crippen LogP contribution < -0.4 is 10.6 Å². The number of likely N-dealkylation sites (N-methyl/N-ethyl adjacent to an activating group) is 2. The van der Waals surface area contributed by atoms with Crippen molar-refractivity contribution < 1.29 is 14.0 Å². The first-order chi connectivity index (χ1) is 10.1. The van der Waals surface area contributed by atoms with Gasteiger partial charge in [0, 0.05) is 18.7 Å². The van der Waals surface area contributed by atoms with Gasteiger partial charge in [0.1, 0.15) is 5.82 Å². The van der Waals surface area contributed by atoms with Crippen LogP contribution in [0.4, 0.5) is 4.39 Å². The lowest BCUT2D eigenvalue weighted by Crippen LogP contribution is -2.42. The van der Waals surface area contributed by atoms with E-state index in [0.29, 0.717) is 18.7 Å². The molecule has 2 amide bonds. The van der Waals surface area contributed by atoms with Gasteiger partial charge in [-0.2, -0.15) is 0 Å². The van der Waals surface area contributed by atoms with Gasteiger partial charge in [0.05, 0.1) is 13.1 Å². The highest BCUT2D eigenvalue weighted by atomic mass is 19.1. The van der Waals surface area contributed by atoms with Crippen molar-refractivity contribution in [3.63, 3.8) is 0 Å². The van der Waals surface area contributed by atoms with Crippen LogP contribution in [0, 0.1) is 5.82 Å². The fourth-order valence-electron chi connectivity index (χ4n) is 1.83. The quantitative estimate of drug-likeness (QED) is 0.749. The lowest BCUT2D eigenvalue weighted by atomic mass is 10.2. The molecule has 116 valence electrons. The molecule has 0 bridgehead atoms. The molecule has 0 aliphatic heterocycles. The molecule has 5 nitrogen and oxygen atoms in total. The monoisotopic (exact) mass is 295 g/mol. The van der Waals surface area contributed by atoms with Crippen LogP contribution in [0.25, 0.3) is 0 Å². The summed E-state index contributed by atoms with van der Waals surface area (Å²) < 4.78 is 13.4. The zero-order valence-electron chi connectivity index (χ0n) is 12.5. The Bertz CT molecular complexity index is 480. The Hall–Kier alpha value is -1.95. The summed E-state index contributed by atoms with van der Waals surface area (Å²) in [5.41, 5.74) is 0.442. The number of hydrogen-bond donors (Lipinski definition) is 2. The number of hydrogen-bond acceptors (Lipinski definition) is 3. The summed E-state index contributed by atoms with van der Waals surface area (Å²) in [6.45, 7) is 5.31. The van der Waals surface area contributed by atoms with E-state index in [0.717, 1.165) is 0 Å². The van der Waals surface area contributed by atoms with E-state index in [1.165, 1.54) is 6.07 Å². The summed E-state index contributed by atoms with van der Waals surface area (Å²) in [6, 6.07) is 6.31. The van der Waals surface area contributed by atoms with E-state index in [1.54, 1.807) is 23.1 Å². The predicted octanol–water partition coefficient (Wildman–Crippen LogP) is 0.900. The Morgan fingerprint density at radius 3 is 2.29 bits per heavy atom. The molecular formula is C15H22FN3O2. The average molecular weight is 295 g/mol. The zero-order chi connectivity index (χ0) is 15.7. The third-order valence-electron chi connectivity index (χ3n) is 2.99. The summed E-state index contributed by atoms with van der Waals surface area (Å²) in [6.07, 6.45) is 0. The topological polar surface area (TPSA) is 61.4 Å². The molecule has 0 unspecified atom stereocenters. The molecule has 0 atom stereocenters. The average Bonchev–Trinajstić information content (AvgIpc) is 2.46. The van der Waals surface area contributed by atoms with Gasteiger partial charge in [-0.05, 0) is 19.5 Å². The van der Waals surface area contributed by atoms with Gasteiger partial charge in [0.2, 0.25) is 11.8 Å². The van der Waals surface area contributed by atoms with E-state index in [9.17, 15) is 14.0 Å². The highest BCUT2D eigenvalue weighted by Crippen LogP contribution is 2.05.